The molecule has 0 aliphatic rings. The van der Waals surface area contributed by atoms with E-state index in [1.54, 1.807) is 7.11 Å². The first-order chi connectivity index (χ1) is 8.49. The Balaban J connectivity index is 2.94. The average molecular weight is 250 g/mol. The van der Waals surface area contributed by atoms with Gasteiger partial charge in [0, 0.05) is 24.2 Å². The lowest BCUT2D eigenvalue weighted by molar-refractivity contribution is 0.240. The maximum Gasteiger partial charge on any atom is 0.123 e. The summed E-state index contributed by atoms with van der Waals surface area (Å²) in [6.07, 6.45) is 1.14. The second-order valence-corrected chi connectivity index (χ2v) is 5.03. The summed E-state index contributed by atoms with van der Waals surface area (Å²) in [5, 5.41) is 0. The quantitative estimate of drug-likeness (QED) is 0.843. The second-order valence-electron chi connectivity index (χ2n) is 5.03. The number of hydrogen-bond donors (Lipinski definition) is 1. The summed E-state index contributed by atoms with van der Waals surface area (Å²) in [5.74, 6) is 0.939. The summed E-state index contributed by atoms with van der Waals surface area (Å²) in [7, 11) is 3.86. The van der Waals surface area contributed by atoms with Crippen molar-refractivity contribution in [1.82, 2.24) is 4.90 Å². The number of hydrogen-bond acceptors (Lipinski definition) is 3. The molecule has 1 rings (SSSR count). The third-order valence-corrected chi connectivity index (χ3v) is 3.59. The van der Waals surface area contributed by atoms with Crippen molar-refractivity contribution in [3.63, 3.8) is 0 Å². The number of rotatable bonds is 6. The van der Waals surface area contributed by atoms with Crippen molar-refractivity contribution in [2.24, 2.45) is 5.73 Å². The van der Waals surface area contributed by atoms with E-state index in [9.17, 15) is 0 Å². The van der Waals surface area contributed by atoms with E-state index in [4.69, 9.17) is 10.5 Å². The molecule has 2 N–H and O–H groups in total. The topological polar surface area (TPSA) is 38.5 Å². The van der Waals surface area contributed by atoms with Crippen LogP contribution >= 0.6 is 0 Å². The predicted molar refractivity (Wildman–Crippen MR) is 76.8 cm³/mol. The van der Waals surface area contributed by atoms with Crippen LogP contribution in [-0.4, -0.2) is 25.1 Å². The molecule has 0 amide bonds. The molecular formula is C15H26N2O. The van der Waals surface area contributed by atoms with Crippen LogP contribution in [0.2, 0.25) is 0 Å². The van der Waals surface area contributed by atoms with Gasteiger partial charge in [0.1, 0.15) is 5.75 Å². The second kappa shape index (κ2) is 6.76. The summed E-state index contributed by atoms with van der Waals surface area (Å²) in [6.45, 7) is 7.33. The van der Waals surface area contributed by atoms with E-state index in [0.717, 1.165) is 24.3 Å². The number of nitrogens with zero attached hydrogens (tertiary/aromatic N) is 1. The minimum absolute atomic E-state index is 0.0589. The van der Waals surface area contributed by atoms with Gasteiger partial charge in [0.2, 0.25) is 0 Å². The number of ether oxygens (including phenoxy) is 1. The highest BCUT2D eigenvalue weighted by Gasteiger charge is 2.12. The van der Waals surface area contributed by atoms with Crippen molar-refractivity contribution in [2.75, 3.05) is 14.2 Å². The summed E-state index contributed by atoms with van der Waals surface area (Å²) >= 11 is 0. The van der Waals surface area contributed by atoms with Gasteiger partial charge in [0.25, 0.3) is 0 Å². The molecule has 0 fully saturated rings. The Morgan fingerprint density at radius 1 is 1.33 bits per heavy atom. The fourth-order valence-electron chi connectivity index (χ4n) is 1.94. The molecule has 1 aromatic rings. The normalized spacial score (nSPS) is 14.6. The molecule has 18 heavy (non-hydrogen) atoms. The fourth-order valence-corrected chi connectivity index (χ4v) is 1.94. The van der Waals surface area contributed by atoms with Crippen LogP contribution in [-0.2, 0) is 6.54 Å². The highest BCUT2D eigenvalue weighted by Crippen LogP contribution is 2.24. The lowest BCUT2D eigenvalue weighted by atomic mass is 10.0. The average Bonchev–Trinajstić information content (AvgIpc) is 2.37. The van der Waals surface area contributed by atoms with E-state index >= 15 is 0 Å². The minimum Gasteiger partial charge on any atom is -0.496 e. The van der Waals surface area contributed by atoms with E-state index < -0.39 is 0 Å². The molecular weight excluding hydrogens is 224 g/mol. The fraction of sp³-hybridized carbons (Fsp3) is 0.600. The largest absolute Gasteiger partial charge is 0.496 e. The molecule has 0 saturated carbocycles. The predicted octanol–water partition coefficient (Wildman–Crippen LogP) is 2.95. The van der Waals surface area contributed by atoms with Crippen LogP contribution in [0.1, 0.15) is 44.4 Å². The molecule has 0 aliphatic heterocycles. The lowest BCUT2D eigenvalue weighted by Crippen LogP contribution is -2.28. The van der Waals surface area contributed by atoms with Crippen molar-refractivity contribution >= 4 is 0 Å². The Labute approximate surface area is 111 Å². The summed E-state index contributed by atoms with van der Waals surface area (Å²) < 4.78 is 5.43. The lowest BCUT2D eigenvalue weighted by Gasteiger charge is -2.25. The van der Waals surface area contributed by atoms with Gasteiger partial charge in [-0.15, -0.1) is 0 Å². The summed E-state index contributed by atoms with van der Waals surface area (Å²) in [5.41, 5.74) is 8.30. The van der Waals surface area contributed by atoms with Gasteiger partial charge in [-0.3, -0.25) is 4.90 Å². The van der Waals surface area contributed by atoms with Crippen molar-refractivity contribution in [1.29, 1.82) is 0 Å². The van der Waals surface area contributed by atoms with Crippen LogP contribution in [0, 0.1) is 0 Å². The number of methoxy groups -OCH3 is 1. The maximum absolute atomic E-state index is 5.94. The van der Waals surface area contributed by atoms with Gasteiger partial charge < -0.3 is 10.5 Å². The Kier molecular flexibility index (Phi) is 5.63. The molecule has 2 unspecified atom stereocenters. The standard InChI is InChI=1S/C15H26N2O/c1-6-11(2)17(4)10-14-9-13(12(3)16)7-8-15(14)18-5/h7-9,11-12H,6,10,16H2,1-5H3. The SMILES string of the molecule is CCC(C)N(C)Cc1cc(C(C)N)ccc1OC. The smallest absolute Gasteiger partial charge is 0.123 e. The monoisotopic (exact) mass is 250 g/mol. The zero-order chi connectivity index (χ0) is 13.7. The Bertz CT molecular complexity index is 377. The van der Waals surface area contributed by atoms with Gasteiger partial charge in [-0.25, -0.2) is 0 Å². The minimum atomic E-state index is 0.0589. The van der Waals surface area contributed by atoms with E-state index in [1.807, 2.05) is 19.1 Å². The molecule has 0 heterocycles. The van der Waals surface area contributed by atoms with Crippen molar-refractivity contribution < 1.29 is 4.74 Å². The van der Waals surface area contributed by atoms with Crippen LogP contribution < -0.4 is 10.5 Å². The Hall–Kier alpha value is -1.06. The molecule has 102 valence electrons. The first-order valence-electron chi connectivity index (χ1n) is 6.62. The molecule has 2 atom stereocenters. The van der Waals surface area contributed by atoms with Gasteiger partial charge in [-0.05, 0) is 45.0 Å². The molecule has 1 aromatic carbocycles. The van der Waals surface area contributed by atoms with E-state index in [-0.39, 0.29) is 6.04 Å². The zero-order valence-electron chi connectivity index (χ0n) is 12.2. The van der Waals surface area contributed by atoms with Crippen molar-refractivity contribution in [3.8, 4) is 5.75 Å². The third-order valence-electron chi connectivity index (χ3n) is 3.59. The van der Waals surface area contributed by atoms with Crippen LogP contribution in [0.25, 0.3) is 0 Å². The molecule has 0 radical (unpaired) electrons. The number of benzene rings is 1. The van der Waals surface area contributed by atoms with Crippen LogP contribution in [0.3, 0.4) is 0 Å². The molecule has 3 heteroatoms. The highest BCUT2D eigenvalue weighted by atomic mass is 16.5. The van der Waals surface area contributed by atoms with Gasteiger partial charge in [-0.1, -0.05) is 13.0 Å². The first kappa shape index (κ1) is 15.0. The molecule has 3 nitrogen and oxygen atoms in total. The third kappa shape index (κ3) is 3.72. The van der Waals surface area contributed by atoms with E-state index in [2.05, 4.69) is 31.9 Å². The number of nitrogens with two attached hydrogens (primary N) is 1. The maximum atomic E-state index is 5.94. The van der Waals surface area contributed by atoms with Crippen LogP contribution in [0.4, 0.5) is 0 Å². The molecule has 0 saturated heterocycles. The van der Waals surface area contributed by atoms with Crippen LogP contribution in [0.15, 0.2) is 18.2 Å². The first-order valence-corrected chi connectivity index (χ1v) is 6.62. The zero-order valence-corrected chi connectivity index (χ0v) is 12.2. The Morgan fingerprint density at radius 3 is 2.50 bits per heavy atom. The Morgan fingerprint density at radius 2 is 2.00 bits per heavy atom. The molecule has 0 bridgehead atoms. The highest BCUT2D eigenvalue weighted by molar-refractivity contribution is 5.38. The van der Waals surface area contributed by atoms with Gasteiger partial charge in [-0.2, -0.15) is 0 Å². The van der Waals surface area contributed by atoms with E-state index in [1.165, 1.54) is 5.56 Å². The van der Waals surface area contributed by atoms with Crippen LogP contribution in [0.5, 0.6) is 5.75 Å². The molecule has 0 aromatic heterocycles. The van der Waals surface area contributed by atoms with E-state index in [0.29, 0.717) is 6.04 Å². The summed E-state index contributed by atoms with van der Waals surface area (Å²) in [4.78, 5) is 2.34. The van der Waals surface area contributed by atoms with Crippen molar-refractivity contribution in [3.05, 3.63) is 29.3 Å². The van der Waals surface area contributed by atoms with Gasteiger partial charge in [0.05, 0.1) is 7.11 Å². The van der Waals surface area contributed by atoms with Crippen molar-refractivity contribution in [2.45, 2.75) is 45.8 Å². The molecule has 0 aliphatic carbocycles. The molecule has 0 spiro atoms. The summed E-state index contributed by atoms with van der Waals surface area (Å²) in [6, 6.07) is 6.83. The van der Waals surface area contributed by atoms with Gasteiger partial charge in [0.15, 0.2) is 0 Å². The van der Waals surface area contributed by atoms with Gasteiger partial charge >= 0.3 is 0 Å².